The summed E-state index contributed by atoms with van der Waals surface area (Å²) in [5, 5.41) is 0.712. The van der Waals surface area contributed by atoms with Crippen LogP contribution in [-0.2, 0) is 6.42 Å². The van der Waals surface area contributed by atoms with Crippen LogP contribution in [0.25, 0.3) is 16.7 Å². The van der Waals surface area contributed by atoms with E-state index in [1.165, 1.54) is 35.8 Å². The van der Waals surface area contributed by atoms with Crippen LogP contribution in [0.2, 0.25) is 0 Å². The van der Waals surface area contributed by atoms with Gasteiger partial charge in [0.1, 0.15) is 4.64 Å². The third-order valence-corrected chi connectivity index (χ3v) is 5.78. The van der Waals surface area contributed by atoms with E-state index in [0.717, 1.165) is 16.6 Å². The van der Waals surface area contributed by atoms with Crippen LogP contribution in [0.3, 0.4) is 0 Å². The van der Waals surface area contributed by atoms with Crippen LogP contribution in [0.5, 0.6) is 0 Å². The second kappa shape index (κ2) is 8.63. The van der Waals surface area contributed by atoms with Gasteiger partial charge in [0.25, 0.3) is 0 Å². The van der Waals surface area contributed by atoms with Crippen molar-refractivity contribution in [1.29, 1.82) is 0 Å². The lowest BCUT2D eigenvalue weighted by Crippen LogP contribution is -2.18. The zero-order valence-electron chi connectivity index (χ0n) is 14.4. The lowest BCUT2D eigenvalue weighted by molar-refractivity contribution is 0.505. The molecule has 0 atom stereocenters. The Kier molecular flexibility index (Phi) is 6.48. The Bertz CT molecular complexity index is 1040. The number of nitrogens with zero attached hydrogens (tertiary/aromatic N) is 1. The molecule has 3 aromatic rings. The molecule has 0 saturated heterocycles. The highest BCUT2D eigenvalue weighted by atomic mass is 79.9. The SMILES string of the molecule is CCCCCCc1ccc(-n2c(=O)oc3c(Br)cc(Br)cc3c2=S)cc1. The first-order valence-corrected chi connectivity index (χ1v) is 10.6. The highest BCUT2D eigenvalue weighted by molar-refractivity contribution is 9.11. The van der Waals surface area contributed by atoms with Crippen LogP contribution in [0.4, 0.5) is 0 Å². The highest BCUT2D eigenvalue weighted by Gasteiger charge is 2.12. The van der Waals surface area contributed by atoms with Crippen molar-refractivity contribution >= 4 is 55.0 Å². The molecular weight excluding hydrogens is 478 g/mol. The summed E-state index contributed by atoms with van der Waals surface area (Å²) in [4.78, 5) is 12.5. The molecule has 3 nitrogen and oxygen atoms in total. The van der Waals surface area contributed by atoms with Gasteiger partial charge in [0.15, 0.2) is 5.58 Å². The Labute approximate surface area is 174 Å². The number of halogens is 2. The zero-order valence-corrected chi connectivity index (χ0v) is 18.4. The van der Waals surface area contributed by atoms with Crippen molar-refractivity contribution in [3.8, 4) is 5.69 Å². The highest BCUT2D eigenvalue weighted by Crippen LogP contribution is 2.29. The molecule has 26 heavy (non-hydrogen) atoms. The van der Waals surface area contributed by atoms with Crippen molar-refractivity contribution in [2.45, 2.75) is 39.0 Å². The first-order valence-electron chi connectivity index (χ1n) is 8.65. The van der Waals surface area contributed by atoms with Crippen molar-refractivity contribution < 1.29 is 4.42 Å². The van der Waals surface area contributed by atoms with E-state index in [4.69, 9.17) is 16.6 Å². The van der Waals surface area contributed by atoms with Gasteiger partial charge in [0.05, 0.1) is 15.5 Å². The minimum Gasteiger partial charge on any atom is -0.408 e. The van der Waals surface area contributed by atoms with Gasteiger partial charge in [0, 0.05) is 4.47 Å². The summed E-state index contributed by atoms with van der Waals surface area (Å²) in [5.41, 5.74) is 2.46. The van der Waals surface area contributed by atoms with Crippen molar-refractivity contribution in [2.75, 3.05) is 0 Å². The lowest BCUT2D eigenvalue weighted by Gasteiger charge is -2.09. The van der Waals surface area contributed by atoms with E-state index < -0.39 is 5.76 Å². The van der Waals surface area contributed by atoms with Crippen molar-refractivity contribution in [1.82, 2.24) is 4.57 Å². The van der Waals surface area contributed by atoms with Gasteiger partial charge in [-0.2, -0.15) is 0 Å². The van der Waals surface area contributed by atoms with Gasteiger partial charge in [-0.25, -0.2) is 9.36 Å². The molecule has 0 fully saturated rings. The molecule has 0 bridgehead atoms. The third-order valence-electron chi connectivity index (χ3n) is 4.33. The first kappa shape index (κ1) is 19.5. The Morgan fingerprint density at radius 3 is 2.50 bits per heavy atom. The normalized spacial score (nSPS) is 11.2. The first-order chi connectivity index (χ1) is 12.5. The van der Waals surface area contributed by atoms with E-state index in [2.05, 4.69) is 50.9 Å². The molecule has 0 unspecified atom stereocenters. The number of hydrogen-bond donors (Lipinski definition) is 0. The maximum Gasteiger partial charge on any atom is 0.425 e. The maximum absolute atomic E-state index is 12.5. The lowest BCUT2D eigenvalue weighted by atomic mass is 10.1. The largest absolute Gasteiger partial charge is 0.425 e. The zero-order chi connectivity index (χ0) is 18.7. The van der Waals surface area contributed by atoms with Crippen LogP contribution < -0.4 is 5.76 Å². The van der Waals surface area contributed by atoms with Gasteiger partial charge in [-0.3, -0.25) is 0 Å². The molecule has 0 saturated carbocycles. The van der Waals surface area contributed by atoms with Gasteiger partial charge in [0.2, 0.25) is 0 Å². The minimum absolute atomic E-state index is 0.439. The summed E-state index contributed by atoms with van der Waals surface area (Å²) in [6.45, 7) is 2.21. The number of fused-ring (bicyclic) bond motifs is 1. The fourth-order valence-electron chi connectivity index (χ4n) is 2.95. The van der Waals surface area contributed by atoms with Crippen LogP contribution in [0.1, 0.15) is 38.2 Å². The fourth-order valence-corrected chi connectivity index (χ4v) is 4.59. The molecule has 0 radical (unpaired) electrons. The molecule has 0 aliphatic heterocycles. The van der Waals surface area contributed by atoms with Crippen LogP contribution in [0.15, 0.2) is 54.6 Å². The molecule has 3 rings (SSSR count). The molecule has 2 aromatic carbocycles. The summed E-state index contributed by atoms with van der Waals surface area (Å²) in [6.07, 6.45) is 6.00. The van der Waals surface area contributed by atoms with Crippen LogP contribution in [0, 0.1) is 4.64 Å². The van der Waals surface area contributed by atoms with Gasteiger partial charge in [-0.05, 0) is 58.6 Å². The Balaban J connectivity index is 1.98. The van der Waals surface area contributed by atoms with E-state index in [9.17, 15) is 4.79 Å². The van der Waals surface area contributed by atoms with Gasteiger partial charge in [-0.1, -0.05) is 66.5 Å². The number of aromatic nitrogens is 1. The fraction of sp³-hybridized carbons (Fsp3) is 0.300. The number of aryl methyl sites for hydroxylation is 1. The van der Waals surface area contributed by atoms with Crippen LogP contribution >= 0.6 is 44.1 Å². The summed E-state index contributed by atoms with van der Waals surface area (Å²) in [6, 6.07) is 11.7. The van der Waals surface area contributed by atoms with Gasteiger partial charge >= 0.3 is 5.76 Å². The predicted molar refractivity (Wildman–Crippen MR) is 116 cm³/mol. The van der Waals surface area contributed by atoms with E-state index in [0.29, 0.717) is 20.1 Å². The quantitative estimate of drug-likeness (QED) is 0.273. The van der Waals surface area contributed by atoms with Crippen molar-refractivity contribution in [2.24, 2.45) is 0 Å². The predicted octanol–water partition coefficient (Wildman–Crippen LogP) is 6.96. The molecule has 1 aromatic heterocycles. The van der Waals surface area contributed by atoms with E-state index in [1.54, 1.807) is 0 Å². The number of rotatable bonds is 6. The summed E-state index contributed by atoms with van der Waals surface area (Å²) >= 11 is 12.5. The van der Waals surface area contributed by atoms with Crippen LogP contribution in [-0.4, -0.2) is 4.57 Å². The van der Waals surface area contributed by atoms with Gasteiger partial charge in [-0.15, -0.1) is 0 Å². The molecule has 0 spiro atoms. The minimum atomic E-state index is -0.485. The molecule has 0 aliphatic carbocycles. The van der Waals surface area contributed by atoms with E-state index in [1.807, 2.05) is 24.3 Å². The summed E-state index contributed by atoms with van der Waals surface area (Å²) in [7, 11) is 0. The average Bonchev–Trinajstić information content (AvgIpc) is 2.61. The molecule has 0 aliphatic rings. The summed E-state index contributed by atoms with van der Waals surface area (Å²) < 4.78 is 8.95. The second-order valence-electron chi connectivity index (χ2n) is 6.25. The Morgan fingerprint density at radius 2 is 1.81 bits per heavy atom. The Hall–Kier alpha value is -1.24. The molecule has 6 heteroatoms. The number of unbranched alkanes of at least 4 members (excludes halogenated alkanes) is 3. The molecule has 0 N–H and O–H groups in total. The number of hydrogen-bond acceptors (Lipinski definition) is 3. The maximum atomic E-state index is 12.5. The smallest absolute Gasteiger partial charge is 0.408 e. The van der Waals surface area contributed by atoms with Crippen molar-refractivity contribution in [3.05, 3.63) is 66.1 Å². The third kappa shape index (κ3) is 4.18. The number of benzene rings is 2. The second-order valence-corrected chi connectivity index (χ2v) is 8.41. The van der Waals surface area contributed by atoms with E-state index in [-0.39, 0.29) is 0 Å². The van der Waals surface area contributed by atoms with Gasteiger partial charge < -0.3 is 4.42 Å². The average molecular weight is 497 g/mol. The summed E-state index contributed by atoms with van der Waals surface area (Å²) in [5.74, 6) is -0.485. The molecule has 136 valence electrons. The molecule has 1 heterocycles. The monoisotopic (exact) mass is 495 g/mol. The molecular formula is C20H19Br2NO2S. The Morgan fingerprint density at radius 1 is 1.08 bits per heavy atom. The topological polar surface area (TPSA) is 35.1 Å². The van der Waals surface area contributed by atoms with Crippen molar-refractivity contribution in [3.63, 3.8) is 0 Å². The standard InChI is InChI=1S/C20H19Br2NO2S/c1-2-3-4-5-6-13-7-9-15(10-8-13)23-19(26)16-11-14(21)12-17(22)18(16)25-20(23)24/h7-12H,2-6H2,1H3. The van der Waals surface area contributed by atoms with E-state index >= 15 is 0 Å². The molecule has 0 amide bonds.